The minimum Gasteiger partial charge on any atom is -0.504 e. The van der Waals surface area contributed by atoms with E-state index in [-0.39, 0.29) is 29.2 Å². The number of hydrogen-bond donors (Lipinski definition) is 1. The van der Waals surface area contributed by atoms with Gasteiger partial charge in [-0.15, -0.1) is 0 Å². The molecule has 204 valence electrons. The van der Waals surface area contributed by atoms with Crippen LogP contribution < -0.4 is 29.1 Å². The average Bonchev–Trinajstić information content (AvgIpc) is 3.22. The van der Waals surface area contributed by atoms with Gasteiger partial charge in [0.1, 0.15) is 6.61 Å². The number of esters is 1. The molecule has 1 atom stereocenters. The summed E-state index contributed by atoms with van der Waals surface area (Å²) >= 11 is 1.20. The molecule has 0 amide bonds. The first kappa shape index (κ1) is 27.7. The van der Waals surface area contributed by atoms with Crippen molar-refractivity contribution >= 4 is 23.4 Å². The van der Waals surface area contributed by atoms with E-state index in [9.17, 15) is 14.7 Å². The number of phenols is 1. The average molecular weight is 551 g/mol. The monoisotopic (exact) mass is 550 g/mol. The molecule has 1 aromatic heterocycles. The van der Waals surface area contributed by atoms with E-state index in [2.05, 4.69) is 11.6 Å². The molecule has 3 aromatic rings. The SMILES string of the molecule is C=CCOc1ccc([C@@H]2C(C(=O)OCC)=C(C)N=c3s/c(=C/c4ccc(O)c(OC)c4)c(=O)n32)cc1OCC. The van der Waals surface area contributed by atoms with Crippen molar-refractivity contribution in [2.75, 3.05) is 26.9 Å². The first-order valence-corrected chi connectivity index (χ1v) is 13.2. The minimum absolute atomic E-state index is 0.00330. The molecule has 9 nitrogen and oxygen atoms in total. The molecule has 2 heterocycles. The molecule has 39 heavy (non-hydrogen) atoms. The number of carbonyl (C=O) groups is 1. The topological polar surface area (TPSA) is 109 Å². The van der Waals surface area contributed by atoms with Gasteiger partial charge in [-0.25, -0.2) is 9.79 Å². The number of phenolic OH excluding ortho intramolecular Hbond substituents is 1. The fourth-order valence-corrected chi connectivity index (χ4v) is 5.32. The lowest BCUT2D eigenvalue weighted by atomic mass is 9.95. The number of benzene rings is 2. The number of thiazole rings is 1. The Kier molecular flexibility index (Phi) is 8.55. The zero-order valence-electron chi connectivity index (χ0n) is 22.2. The fraction of sp³-hybridized carbons (Fsp3) is 0.276. The van der Waals surface area contributed by atoms with Crippen LogP contribution in [0.25, 0.3) is 6.08 Å². The zero-order chi connectivity index (χ0) is 28.1. The highest BCUT2D eigenvalue weighted by Crippen LogP contribution is 2.36. The molecule has 1 N–H and O–H groups in total. The van der Waals surface area contributed by atoms with Gasteiger partial charge in [0, 0.05) is 0 Å². The third-order valence-electron chi connectivity index (χ3n) is 5.96. The van der Waals surface area contributed by atoms with Crippen molar-refractivity contribution in [3.05, 3.63) is 91.1 Å². The molecule has 0 saturated carbocycles. The maximum absolute atomic E-state index is 13.8. The lowest BCUT2D eigenvalue weighted by Gasteiger charge is -2.25. The van der Waals surface area contributed by atoms with Gasteiger partial charge in [-0.05, 0) is 62.2 Å². The van der Waals surface area contributed by atoms with E-state index in [0.29, 0.717) is 50.9 Å². The van der Waals surface area contributed by atoms with Crippen molar-refractivity contribution in [2.45, 2.75) is 26.8 Å². The third-order valence-corrected chi connectivity index (χ3v) is 6.94. The number of rotatable bonds is 10. The molecule has 4 rings (SSSR count). The molecule has 1 aliphatic heterocycles. The summed E-state index contributed by atoms with van der Waals surface area (Å²) in [5.41, 5.74) is 1.71. The Morgan fingerprint density at radius 3 is 2.62 bits per heavy atom. The Hall–Kier alpha value is -4.31. The Morgan fingerprint density at radius 1 is 1.13 bits per heavy atom. The highest BCUT2D eigenvalue weighted by Gasteiger charge is 2.34. The van der Waals surface area contributed by atoms with E-state index in [4.69, 9.17) is 18.9 Å². The fourth-order valence-electron chi connectivity index (χ4n) is 4.27. The van der Waals surface area contributed by atoms with Crippen molar-refractivity contribution < 1.29 is 28.8 Å². The molecule has 10 heteroatoms. The van der Waals surface area contributed by atoms with Crippen LogP contribution in [0.5, 0.6) is 23.0 Å². The van der Waals surface area contributed by atoms with E-state index in [0.717, 1.165) is 0 Å². The van der Waals surface area contributed by atoms with Gasteiger partial charge >= 0.3 is 5.97 Å². The maximum atomic E-state index is 13.8. The largest absolute Gasteiger partial charge is 0.504 e. The summed E-state index contributed by atoms with van der Waals surface area (Å²) in [6.07, 6.45) is 3.33. The van der Waals surface area contributed by atoms with E-state index in [1.54, 1.807) is 56.3 Å². The maximum Gasteiger partial charge on any atom is 0.338 e. The van der Waals surface area contributed by atoms with Crippen molar-refractivity contribution in [1.29, 1.82) is 0 Å². The van der Waals surface area contributed by atoms with Gasteiger partial charge < -0.3 is 24.1 Å². The van der Waals surface area contributed by atoms with Crippen LogP contribution in [0, 0.1) is 0 Å². The van der Waals surface area contributed by atoms with Crippen LogP contribution in [-0.4, -0.2) is 42.6 Å². The van der Waals surface area contributed by atoms with Gasteiger partial charge in [-0.3, -0.25) is 9.36 Å². The first-order chi connectivity index (χ1) is 18.8. The van der Waals surface area contributed by atoms with Crippen LogP contribution in [0.15, 0.2) is 70.1 Å². The number of carbonyl (C=O) groups excluding carboxylic acids is 1. The summed E-state index contributed by atoms with van der Waals surface area (Å²) in [6.45, 7) is 9.87. The van der Waals surface area contributed by atoms with Crippen molar-refractivity contribution in [2.24, 2.45) is 4.99 Å². The van der Waals surface area contributed by atoms with Crippen LogP contribution in [0.3, 0.4) is 0 Å². The molecule has 0 aliphatic carbocycles. The van der Waals surface area contributed by atoms with Crippen LogP contribution >= 0.6 is 11.3 Å². The molecular formula is C29H30N2O7S. The summed E-state index contributed by atoms with van der Waals surface area (Å²) < 4.78 is 24.0. The Labute approximate surface area is 229 Å². The molecule has 0 bridgehead atoms. The normalized spacial score (nSPS) is 14.9. The molecular weight excluding hydrogens is 520 g/mol. The van der Waals surface area contributed by atoms with Crippen molar-refractivity contribution in [1.82, 2.24) is 4.57 Å². The molecule has 0 radical (unpaired) electrons. The van der Waals surface area contributed by atoms with Crippen molar-refractivity contribution in [3.8, 4) is 23.0 Å². The predicted octanol–water partition coefficient (Wildman–Crippen LogP) is 3.48. The number of nitrogens with zero attached hydrogens (tertiary/aromatic N) is 2. The minimum atomic E-state index is -0.801. The van der Waals surface area contributed by atoms with Gasteiger partial charge in [-0.2, -0.15) is 0 Å². The second-order valence-corrected chi connectivity index (χ2v) is 9.48. The van der Waals surface area contributed by atoms with Gasteiger partial charge in [0.15, 0.2) is 27.8 Å². The highest BCUT2D eigenvalue weighted by molar-refractivity contribution is 7.07. The van der Waals surface area contributed by atoms with Crippen LogP contribution in [0.2, 0.25) is 0 Å². The van der Waals surface area contributed by atoms with Crippen LogP contribution in [0.1, 0.15) is 37.9 Å². The van der Waals surface area contributed by atoms with Crippen LogP contribution in [0.4, 0.5) is 0 Å². The smallest absolute Gasteiger partial charge is 0.338 e. The number of methoxy groups -OCH3 is 1. The molecule has 0 saturated heterocycles. The van der Waals surface area contributed by atoms with E-state index >= 15 is 0 Å². The van der Waals surface area contributed by atoms with Gasteiger partial charge in [0.2, 0.25) is 0 Å². The zero-order valence-corrected chi connectivity index (χ0v) is 23.0. The molecule has 0 fully saturated rings. The van der Waals surface area contributed by atoms with Gasteiger partial charge in [-0.1, -0.05) is 36.1 Å². The summed E-state index contributed by atoms with van der Waals surface area (Å²) in [7, 11) is 1.45. The quantitative estimate of drug-likeness (QED) is 0.304. The Morgan fingerprint density at radius 2 is 1.92 bits per heavy atom. The number of hydrogen-bond acceptors (Lipinski definition) is 9. The second-order valence-electron chi connectivity index (χ2n) is 8.47. The standard InChI is InChI=1S/C29H30N2O7S/c1-6-13-38-21-12-10-19(16-23(21)36-7-2)26-25(28(34)37-8-3)17(4)30-29-31(26)27(33)24(39-29)15-18-9-11-20(32)22(14-18)35-5/h6,9-12,14-16,26,32H,1,7-8,13H2,2-5H3/b24-15+/t26-/m1/s1. The van der Waals surface area contributed by atoms with Gasteiger partial charge in [0.25, 0.3) is 5.56 Å². The molecule has 2 aromatic carbocycles. The Bertz CT molecular complexity index is 1620. The summed E-state index contributed by atoms with van der Waals surface area (Å²) in [6, 6.07) is 9.33. The second kappa shape index (κ2) is 12.0. The lowest BCUT2D eigenvalue weighted by molar-refractivity contribution is -0.139. The molecule has 1 aliphatic rings. The lowest BCUT2D eigenvalue weighted by Crippen LogP contribution is -2.40. The summed E-state index contributed by atoms with van der Waals surface area (Å²) in [5, 5.41) is 9.94. The van der Waals surface area contributed by atoms with E-state index < -0.39 is 12.0 Å². The van der Waals surface area contributed by atoms with Crippen LogP contribution in [-0.2, 0) is 9.53 Å². The number of ether oxygens (including phenoxy) is 4. The molecule has 0 unspecified atom stereocenters. The first-order valence-electron chi connectivity index (χ1n) is 12.4. The number of aromatic hydroxyl groups is 1. The highest BCUT2D eigenvalue weighted by atomic mass is 32.1. The predicted molar refractivity (Wildman–Crippen MR) is 148 cm³/mol. The Balaban J connectivity index is 1.93. The van der Waals surface area contributed by atoms with Crippen molar-refractivity contribution in [3.63, 3.8) is 0 Å². The van der Waals surface area contributed by atoms with Gasteiger partial charge in [0.05, 0.1) is 42.2 Å². The van der Waals surface area contributed by atoms with E-state index in [1.807, 2.05) is 6.92 Å². The number of aromatic nitrogens is 1. The molecule has 0 spiro atoms. The summed E-state index contributed by atoms with van der Waals surface area (Å²) in [5.74, 6) is 0.736. The number of fused-ring (bicyclic) bond motifs is 1. The summed E-state index contributed by atoms with van der Waals surface area (Å²) in [4.78, 5) is 32.0. The third kappa shape index (κ3) is 5.61. The van der Waals surface area contributed by atoms with E-state index in [1.165, 1.54) is 29.1 Å². The number of allylic oxidation sites excluding steroid dienone is 1.